The molecule has 370 valence electrons. The number of rotatable bonds is 9. The lowest BCUT2D eigenvalue weighted by molar-refractivity contribution is -0.387. The highest BCUT2D eigenvalue weighted by Crippen LogP contribution is 2.76. The van der Waals surface area contributed by atoms with Crippen LogP contribution in [0, 0.1) is 50.2 Å². The standard InChI is InChI=1S/C47H74O18/c1-42(2)14-16-47(41(58)59)17-15-45(6)21(22(47)18-42)8-9-26-44(5)12-11-27(43(3,4)25(44)10-13-46(26,45)7)62-40-35(64-39-32(54)30(52)29(51)24(19-48)61-39)33(55)34(36(65-40)37(56)57)63-38-31(53)28(50)23(49)20-60-38/h8,22-36,38-40,48-55H,9-20H2,1-7H3,(H,56,57)(H,58,59)/t22-,23+,24+,25-,26+,27-,28-,29+,30-,31+,32+,33-,34-,35+,36-,38-,39-,40+,44-,45+,46+,47-/m0/s1. The molecule has 10 N–H and O–H groups in total. The Morgan fingerprint density at radius 1 is 0.692 bits per heavy atom. The zero-order chi connectivity index (χ0) is 47.6. The summed E-state index contributed by atoms with van der Waals surface area (Å²) in [5.41, 5.74) is -0.444. The summed E-state index contributed by atoms with van der Waals surface area (Å²) >= 11 is 0. The molecule has 18 nitrogen and oxygen atoms in total. The lowest BCUT2D eigenvalue weighted by Gasteiger charge is -2.71. The fourth-order valence-electron chi connectivity index (χ4n) is 14.8. The second-order valence-corrected chi connectivity index (χ2v) is 23.1. The number of aliphatic hydroxyl groups excluding tert-OH is 8. The van der Waals surface area contributed by atoms with Crippen molar-refractivity contribution < 1.29 is 89.1 Å². The van der Waals surface area contributed by atoms with Crippen LogP contribution in [0.2, 0.25) is 0 Å². The van der Waals surface area contributed by atoms with Crippen LogP contribution < -0.4 is 0 Å². The molecule has 3 aliphatic heterocycles. The largest absolute Gasteiger partial charge is 0.481 e. The Balaban J connectivity index is 1.08. The average molecular weight is 927 g/mol. The smallest absolute Gasteiger partial charge is 0.335 e. The molecule has 3 heterocycles. The predicted molar refractivity (Wildman–Crippen MR) is 225 cm³/mol. The van der Waals surface area contributed by atoms with Crippen molar-refractivity contribution >= 4 is 11.9 Å². The minimum absolute atomic E-state index is 0.0188. The van der Waals surface area contributed by atoms with Crippen molar-refractivity contribution in [2.75, 3.05) is 13.2 Å². The van der Waals surface area contributed by atoms with Crippen molar-refractivity contribution in [2.45, 2.75) is 205 Å². The van der Waals surface area contributed by atoms with E-state index in [2.05, 4.69) is 54.5 Å². The zero-order valence-corrected chi connectivity index (χ0v) is 38.7. The molecule has 22 atom stereocenters. The summed E-state index contributed by atoms with van der Waals surface area (Å²) in [5, 5.41) is 106. The van der Waals surface area contributed by atoms with Gasteiger partial charge in [-0.05, 0) is 109 Å². The van der Waals surface area contributed by atoms with E-state index in [4.69, 9.17) is 28.4 Å². The predicted octanol–water partition coefficient (Wildman–Crippen LogP) is 1.44. The Labute approximate surface area is 380 Å². The Kier molecular flexibility index (Phi) is 13.1. The minimum Gasteiger partial charge on any atom is -0.481 e. The highest BCUT2D eigenvalue weighted by molar-refractivity contribution is 5.76. The zero-order valence-electron chi connectivity index (χ0n) is 38.7. The van der Waals surface area contributed by atoms with E-state index in [9.17, 15) is 60.7 Å². The van der Waals surface area contributed by atoms with Crippen LogP contribution in [-0.2, 0) is 38.0 Å². The molecule has 8 aliphatic rings. The Bertz CT molecular complexity index is 1820. The van der Waals surface area contributed by atoms with Gasteiger partial charge in [-0.25, -0.2) is 4.79 Å². The number of carboxylic acids is 2. The lowest BCUT2D eigenvalue weighted by atomic mass is 9.33. The van der Waals surface area contributed by atoms with E-state index in [1.807, 2.05) is 0 Å². The molecule has 7 fully saturated rings. The molecular formula is C47H74O18. The van der Waals surface area contributed by atoms with Gasteiger partial charge in [0.15, 0.2) is 25.0 Å². The first-order valence-corrected chi connectivity index (χ1v) is 23.7. The number of carboxylic acid groups (broad SMARTS) is 2. The summed E-state index contributed by atoms with van der Waals surface area (Å²) in [6, 6.07) is 0. The van der Waals surface area contributed by atoms with E-state index in [1.54, 1.807) is 0 Å². The first-order chi connectivity index (χ1) is 30.3. The van der Waals surface area contributed by atoms with Crippen LogP contribution in [0.4, 0.5) is 0 Å². The highest BCUT2D eigenvalue weighted by Gasteiger charge is 2.70. The van der Waals surface area contributed by atoms with Crippen molar-refractivity contribution in [1.82, 2.24) is 0 Å². The fraction of sp³-hybridized carbons (Fsp3) is 0.915. The summed E-state index contributed by atoms with van der Waals surface area (Å²) in [6.45, 7) is 14.7. The van der Waals surface area contributed by atoms with Crippen LogP contribution in [0.1, 0.15) is 113 Å². The number of aliphatic hydroxyl groups is 8. The topological polar surface area (TPSA) is 292 Å². The van der Waals surface area contributed by atoms with Crippen LogP contribution in [0.25, 0.3) is 0 Å². The number of ether oxygens (including phenoxy) is 6. The fourth-order valence-corrected chi connectivity index (χ4v) is 14.8. The molecule has 3 saturated heterocycles. The summed E-state index contributed by atoms with van der Waals surface area (Å²) in [4.78, 5) is 26.1. The molecule has 5 aliphatic carbocycles. The molecule has 0 spiro atoms. The van der Waals surface area contributed by atoms with Gasteiger partial charge in [0.05, 0.1) is 24.7 Å². The van der Waals surface area contributed by atoms with Crippen LogP contribution in [0.3, 0.4) is 0 Å². The van der Waals surface area contributed by atoms with E-state index < -0.39 is 128 Å². The summed E-state index contributed by atoms with van der Waals surface area (Å²) in [5.74, 6) is -1.92. The lowest BCUT2D eigenvalue weighted by Crippen LogP contribution is -2.68. The molecule has 4 saturated carbocycles. The Morgan fingerprint density at radius 3 is 2.02 bits per heavy atom. The van der Waals surface area contributed by atoms with Crippen molar-refractivity contribution in [2.24, 2.45) is 50.2 Å². The molecular weight excluding hydrogens is 852 g/mol. The number of carbonyl (C=O) groups is 2. The molecule has 0 aromatic rings. The van der Waals surface area contributed by atoms with Crippen molar-refractivity contribution in [1.29, 1.82) is 0 Å². The highest BCUT2D eigenvalue weighted by atomic mass is 16.8. The monoisotopic (exact) mass is 926 g/mol. The average Bonchev–Trinajstić information content (AvgIpc) is 3.23. The number of aliphatic carboxylic acids is 2. The molecule has 0 bridgehead atoms. The van der Waals surface area contributed by atoms with Crippen LogP contribution in [0.5, 0.6) is 0 Å². The van der Waals surface area contributed by atoms with Gasteiger partial charge in [0.2, 0.25) is 0 Å². The number of hydrogen-bond donors (Lipinski definition) is 10. The van der Waals surface area contributed by atoms with Gasteiger partial charge in [0.1, 0.15) is 61.0 Å². The van der Waals surface area contributed by atoms with Crippen LogP contribution >= 0.6 is 0 Å². The minimum atomic E-state index is -1.98. The van der Waals surface area contributed by atoms with Gasteiger partial charge in [-0.2, -0.15) is 0 Å². The van der Waals surface area contributed by atoms with Crippen molar-refractivity contribution in [3.63, 3.8) is 0 Å². The molecule has 0 aromatic heterocycles. The third kappa shape index (κ3) is 7.76. The molecule has 0 unspecified atom stereocenters. The Hall–Kier alpha value is -1.88. The third-order valence-electron chi connectivity index (χ3n) is 18.9. The van der Waals surface area contributed by atoms with Gasteiger partial charge in [-0.3, -0.25) is 4.79 Å². The van der Waals surface area contributed by atoms with Gasteiger partial charge in [-0.15, -0.1) is 0 Å². The van der Waals surface area contributed by atoms with Gasteiger partial charge in [-0.1, -0.05) is 60.1 Å². The summed E-state index contributed by atoms with van der Waals surface area (Å²) in [6.07, 6.45) is -15.2. The van der Waals surface area contributed by atoms with Crippen LogP contribution in [0.15, 0.2) is 11.6 Å². The summed E-state index contributed by atoms with van der Waals surface area (Å²) < 4.78 is 35.9. The third-order valence-corrected chi connectivity index (χ3v) is 18.9. The van der Waals surface area contributed by atoms with Gasteiger partial charge < -0.3 is 79.5 Å². The molecule has 0 aromatic carbocycles. The first-order valence-electron chi connectivity index (χ1n) is 23.7. The quantitative estimate of drug-likeness (QED) is 0.116. The van der Waals surface area contributed by atoms with E-state index >= 15 is 0 Å². The molecule has 65 heavy (non-hydrogen) atoms. The maximum absolute atomic E-state index is 13.1. The van der Waals surface area contributed by atoms with Crippen molar-refractivity contribution in [3.8, 4) is 0 Å². The van der Waals surface area contributed by atoms with E-state index in [-0.39, 0.29) is 39.4 Å². The SMILES string of the molecule is CC1(C)CC[C@]2(C(=O)O)CC[C@]3(C)C(=CC[C@@H]4[C@@]5(C)CC[C@H](O[C@@H]6O[C@H](C(=O)O)[C@@H](O[C@@H]7OC[C@@H](O)[C@H](O)[C@H]7O)[C@H](O)[C@H]6O[C@@H]6O[C@H](CO)[C@@H](O)[C@H](O)[C@H]6O)C(C)(C)[C@@H]5CC[C@]43C)[C@@H]2C1. The number of fused-ring (bicyclic) bond motifs is 7. The first kappa shape index (κ1) is 49.5. The van der Waals surface area contributed by atoms with E-state index in [0.29, 0.717) is 19.3 Å². The second-order valence-electron chi connectivity index (χ2n) is 23.1. The molecule has 0 amide bonds. The molecule has 18 heteroatoms. The van der Waals surface area contributed by atoms with Crippen LogP contribution in [-0.4, -0.2) is 168 Å². The number of allylic oxidation sites excluding steroid dienone is 2. The van der Waals surface area contributed by atoms with Gasteiger partial charge in [0, 0.05) is 0 Å². The maximum atomic E-state index is 13.1. The van der Waals surface area contributed by atoms with Gasteiger partial charge in [0.25, 0.3) is 0 Å². The molecule has 0 radical (unpaired) electrons. The summed E-state index contributed by atoms with van der Waals surface area (Å²) in [7, 11) is 0. The molecule has 8 rings (SSSR count). The second kappa shape index (κ2) is 17.2. The van der Waals surface area contributed by atoms with E-state index in [0.717, 1.165) is 44.9 Å². The van der Waals surface area contributed by atoms with Gasteiger partial charge >= 0.3 is 11.9 Å². The van der Waals surface area contributed by atoms with Crippen molar-refractivity contribution in [3.05, 3.63) is 11.6 Å². The number of hydrogen-bond acceptors (Lipinski definition) is 16. The maximum Gasteiger partial charge on any atom is 0.335 e. The normalized spacial score (nSPS) is 52.8. The Morgan fingerprint density at radius 2 is 1.35 bits per heavy atom. The van der Waals surface area contributed by atoms with E-state index in [1.165, 1.54) is 5.57 Å².